The Hall–Kier alpha value is -0.470. The minimum Gasteiger partial charge on any atom is -0.313 e. The molecule has 1 saturated carbocycles. The zero-order valence-electron chi connectivity index (χ0n) is 14.5. The molecule has 2 unspecified atom stereocenters. The lowest BCUT2D eigenvalue weighted by molar-refractivity contribution is 0.290. The van der Waals surface area contributed by atoms with Gasteiger partial charge in [-0.2, -0.15) is 0 Å². The average molecular weight is 306 g/mol. The van der Waals surface area contributed by atoms with Gasteiger partial charge in [-0.1, -0.05) is 53.7 Å². The van der Waals surface area contributed by atoms with E-state index in [1.54, 1.807) is 0 Å². The van der Waals surface area contributed by atoms with E-state index in [-0.39, 0.29) is 5.41 Å². The molecule has 0 aliphatic heterocycles. The highest BCUT2D eigenvalue weighted by atomic mass is 32.2. The van der Waals surface area contributed by atoms with Crippen LogP contribution in [0.15, 0.2) is 29.2 Å². The van der Waals surface area contributed by atoms with Gasteiger partial charge in [0.25, 0.3) is 0 Å². The van der Waals surface area contributed by atoms with Crippen LogP contribution >= 0.6 is 11.8 Å². The van der Waals surface area contributed by atoms with Crippen LogP contribution in [0.25, 0.3) is 0 Å². The first-order chi connectivity index (χ1) is 9.74. The van der Waals surface area contributed by atoms with Crippen molar-refractivity contribution in [2.24, 2.45) is 5.41 Å². The van der Waals surface area contributed by atoms with Crippen LogP contribution in [-0.2, 0) is 5.41 Å². The molecule has 2 atom stereocenters. The van der Waals surface area contributed by atoms with Gasteiger partial charge in [-0.3, -0.25) is 0 Å². The van der Waals surface area contributed by atoms with Crippen molar-refractivity contribution in [2.45, 2.75) is 76.0 Å². The summed E-state index contributed by atoms with van der Waals surface area (Å²) >= 11 is 2.06. The lowest BCUT2D eigenvalue weighted by Gasteiger charge is -2.31. The molecule has 1 N–H and O–H groups in total. The van der Waals surface area contributed by atoms with Gasteiger partial charge in [0.1, 0.15) is 0 Å². The Labute approximate surface area is 135 Å². The Morgan fingerprint density at radius 3 is 2.33 bits per heavy atom. The highest BCUT2D eigenvalue weighted by molar-refractivity contribution is 8.00. The first kappa shape index (κ1) is 16.9. The van der Waals surface area contributed by atoms with Crippen LogP contribution in [0.3, 0.4) is 0 Å². The molecule has 0 amide bonds. The second kappa shape index (κ2) is 6.34. The predicted molar refractivity (Wildman–Crippen MR) is 95.3 cm³/mol. The summed E-state index contributed by atoms with van der Waals surface area (Å²) in [7, 11) is 0. The van der Waals surface area contributed by atoms with E-state index in [4.69, 9.17) is 0 Å². The fourth-order valence-electron chi connectivity index (χ4n) is 3.30. The fraction of sp³-hybridized carbons (Fsp3) is 0.684. The summed E-state index contributed by atoms with van der Waals surface area (Å²) in [5, 5.41) is 4.41. The van der Waals surface area contributed by atoms with E-state index in [0.29, 0.717) is 16.7 Å². The summed E-state index contributed by atoms with van der Waals surface area (Å²) in [5.74, 6) is 0. The number of rotatable bonds is 4. The van der Waals surface area contributed by atoms with Crippen molar-refractivity contribution in [3.8, 4) is 0 Å². The number of benzene rings is 1. The monoisotopic (exact) mass is 305 g/mol. The zero-order chi connectivity index (χ0) is 15.7. The zero-order valence-corrected chi connectivity index (χ0v) is 15.3. The molecular formula is C19H31NS. The van der Waals surface area contributed by atoms with Crippen LogP contribution in [0, 0.1) is 5.41 Å². The minimum absolute atomic E-state index is 0.241. The van der Waals surface area contributed by atoms with Crippen molar-refractivity contribution >= 4 is 11.8 Å². The molecule has 2 heteroatoms. The Kier molecular flexibility index (Phi) is 5.10. The van der Waals surface area contributed by atoms with E-state index in [1.807, 2.05) is 0 Å². The Morgan fingerprint density at radius 2 is 1.81 bits per heavy atom. The molecule has 0 spiro atoms. The van der Waals surface area contributed by atoms with Gasteiger partial charge in [0.15, 0.2) is 0 Å². The summed E-state index contributed by atoms with van der Waals surface area (Å²) in [6, 6.07) is 9.82. The summed E-state index contributed by atoms with van der Waals surface area (Å²) in [5.41, 5.74) is 2.07. The van der Waals surface area contributed by atoms with E-state index >= 15 is 0 Å². The Bertz CT molecular complexity index is 455. The Balaban J connectivity index is 2.07. The van der Waals surface area contributed by atoms with Crippen molar-refractivity contribution < 1.29 is 0 Å². The van der Waals surface area contributed by atoms with Gasteiger partial charge in [0.05, 0.1) is 0 Å². The van der Waals surface area contributed by atoms with E-state index in [9.17, 15) is 0 Å². The summed E-state index contributed by atoms with van der Waals surface area (Å²) in [6.45, 7) is 14.9. The maximum atomic E-state index is 3.72. The van der Waals surface area contributed by atoms with Gasteiger partial charge in [-0.25, -0.2) is 0 Å². The summed E-state index contributed by atoms with van der Waals surface area (Å²) in [4.78, 5) is 1.41. The Morgan fingerprint density at radius 1 is 1.19 bits per heavy atom. The van der Waals surface area contributed by atoms with Crippen LogP contribution in [0.5, 0.6) is 0 Å². The van der Waals surface area contributed by atoms with Gasteiger partial charge in [-0.15, -0.1) is 11.8 Å². The molecule has 0 aromatic heterocycles. The first-order valence-corrected chi connectivity index (χ1v) is 9.12. The largest absolute Gasteiger partial charge is 0.313 e. The molecule has 0 heterocycles. The van der Waals surface area contributed by atoms with Crippen molar-refractivity contribution in [1.29, 1.82) is 0 Å². The SMILES string of the molecule is CCNC1C(Sc2ccc(C(C)(C)C)cc2)CCC1(C)C. The fourth-order valence-corrected chi connectivity index (χ4v) is 4.78. The molecule has 1 aromatic rings. The highest BCUT2D eigenvalue weighted by Gasteiger charge is 2.41. The number of hydrogen-bond acceptors (Lipinski definition) is 2. The van der Waals surface area contributed by atoms with Crippen LogP contribution in [0.4, 0.5) is 0 Å². The van der Waals surface area contributed by atoms with Crippen LogP contribution in [-0.4, -0.2) is 17.8 Å². The first-order valence-electron chi connectivity index (χ1n) is 8.24. The van der Waals surface area contributed by atoms with Crippen molar-refractivity contribution in [3.05, 3.63) is 29.8 Å². The normalized spacial score (nSPS) is 25.2. The standard InChI is InChI=1S/C19H31NS/c1-7-20-17-16(12-13-19(17,5)6)21-15-10-8-14(9-11-15)18(2,3)4/h8-11,16-17,20H,7,12-13H2,1-6H3. The molecule has 21 heavy (non-hydrogen) atoms. The third-order valence-electron chi connectivity index (χ3n) is 4.72. The third-order valence-corrected chi connectivity index (χ3v) is 6.07. The molecule has 0 bridgehead atoms. The molecule has 1 nitrogen and oxygen atoms in total. The molecule has 1 aliphatic rings. The maximum Gasteiger partial charge on any atom is 0.0253 e. The second-order valence-corrected chi connectivity index (χ2v) is 9.31. The van der Waals surface area contributed by atoms with Gasteiger partial charge in [0.2, 0.25) is 0 Å². The molecule has 1 aliphatic carbocycles. The lowest BCUT2D eigenvalue weighted by atomic mass is 9.87. The van der Waals surface area contributed by atoms with E-state index in [2.05, 4.69) is 82.9 Å². The molecule has 0 radical (unpaired) electrons. The van der Waals surface area contributed by atoms with Gasteiger partial charge >= 0.3 is 0 Å². The van der Waals surface area contributed by atoms with Gasteiger partial charge in [-0.05, 0) is 47.9 Å². The smallest absolute Gasteiger partial charge is 0.0253 e. The molecule has 1 aromatic carbocycles. The van der Waals surface area contributed by atoms with E-state index in [0.717, 1.165) is 6.54 Å². The number of thioether (sulfide) groups is 1. The summed E-state index contributed by atoms with van der Waals surface area (Å²) < 4.78 is 0. The quantitative estimate of drug-likeness (QED) is 0.816. The molecule has 118 valence electrons. The minimum atomic E-state index is 0.241. The van der Waals surface area contributed by atoms with Gasteiger partial charge in [0, 0.05) is 16.2 Å². The molecule has 2 rings (SSSR count). The number of nitrogens with one attached hydrogen (secondary N) is 1. The molecular weight excluding hydrogens is 274 g/mol. The van der Waals surface area contributed by atoms with Crippen molar-refractivity contribution in [3.63, 3.8) is 0 Å². The average Bonchev–Trinajstić information content (AvgIpc) is 2.66. The van der Waals surface area contributed by atoms with E-state index < -0.39 is 0 Å². The predicted octanol–water partition coefficient (Wildman–Crippen LogP) is 5.24. The maximum absolute atomic E-state index is 3.72. The topological polar surface area (TPSA) is 12.0 Å². The third kappa shape index (κ3) is 4.04. The molecule has 1 fully saturated rings. The van der Waals surface area contributed by atoms with Gasteiger partial charge < -0.3 is 5.32 Å². The second-order valence-electron chi connectivity index (χ2n) is 7.99. The van der Waals surface area contributed by atoms with E-state index in [1.165, 1.54) is 23.3 Å². The lowest BCUT2D eigenvalue weighted by Crippen LogP contribution is -2.43. The van der Waals surface area contributed by atoms with Crippen molar-refractivity contribution in [1.82, 2.24) is 5.32 Å². The van der Waals surface area contributed by atoms with Crippen LogP contribution in [0.2, 0.25) is 0 Å². The van der Waals surface area contributed by atoms with Crippen LogP contribution in [0.1, 0.15) is 59.9 Å². The summed E-state index contributed by atoms with van der Waals surface area (Å²) in [6.07, 6.45) is 2.64. The highest BCUT2D eigenvalue weighted by Crippen LogP contribution is 2.45. The molecule has 0 saturated heterocycles. The van der Waals surface area contributed by atoms with Crippen LogP contribution < -0.4 is 5.32 Å². The van der Waals surface area contributed by atoms with Crippen molar-refractivity contribution in [2.75, 3.05) is 6.54 Å². The number of hydrogen-bond donors (Lipinski definition) is 1.